The summed E-state index contributed by atoms with van der Waals surface area (Å²) >= 11 is 3.30. The Hall–Kier alpha value is -0.820. The maximum atomic E-state index is 9.96. The number of benzene rings is 1. The third kappa shape index (κ3) is 7.82. The van der Waals surface area contributed by atoms with E-state index < -0.39 is 6.10 Å². The highest BCUT2D eigenvalue weighted by atomic mass is 79.9. The zero-order valence-electron chi connectivity index (χ0n) is 16.4. The zero-order valence-corrected chi connectivity index (χ0v) is 18.0. The Morgan fingerprint density at radius 1 is 1.15 bits per heavy atom. The summed E-state index contributed by atoms with van der Waals surface area (Å²) in [4.78, 5) is 0. The van der Waals surface area contributed by atoms with E-state index in [1.807, 2.05) is 12.1 Å². The van der Waals surface area contributed by atoms with Gasteiger partial charge in [0.05, 0.1) is 19.8 Å². The van der Waals surface area contributed by atoms with Crippen molar-refractivity contribution in [3.05, 3.63) is 23.8 Å². The fraction of sp³-hybridized carbons (Fsp3) is 0.700. The van der Waals surface area contributed by atoms with Gasteiger partial charge in [0.2, 0.25) is 0 Å². The first kappa shape index (κ1) is 23.2. The van der Waals surface area contributed by atoms with Crippen LogP contribution < -0.4 is 15.2 Å². The van der Waals surface area contributed by atoms with Gasteiger partial charge in [0, 0.05) is 31.5 Å². The van der Waals surface area contributed by atoms with Crippen molar-refractivity contribution in [1.29, 1.82) is 0 Å². The number of ether oxygens (including phenoxy) is 3. The largest absolute Gasteiger partial charge is 0.493 e. The number of aliphatic hydroxyl groups is 1. The fourth-order valence-electron chi connectivity index (χ4n) is 2.86. The predicted octanol–water partition coefficient (Wildman–Crippen LogP) is 3.40. The van der Waals surface area contributed by atoms with Crippen molar-refractivity contribution in [2.75, 3.05) is 32.8 Å². The summed E-state index contributed by atoms with van der Waals surface area (Å²) in [7, 11) is 3.33. The molecule has 1 rings (SSSR count). The van der Waals surface area contributed by atoms with Gasteiger partial charge in [-0.3, -0.25) is 0 Å². The van der Waals surface area contributed by atoms with Crippen molar-refractivity contribution in [3.63, 3.8) is 0 Å². The molecule has 150 valence electrons. The normalized spacial score (nSPS) is 14.9. The third-order valence-corrected chi connectivity index (χ3v) is 5.31. The van der Waals surface area contributed by atoms with Gasteiger partial charge in [-0.25, -0.2) is 0 Å². The van der Waals surface area contributed by atoms with Crippen molar-refractivity contribution in [1.82, 2.24) is 0 Å². The van der Waals surface area contributed by atoms with Gasteiger partial charge in [-0.05, 0) is 42.4 Å². The lowest BCUT2D eigenvalue weighted by atomic mass is 9.83. The molecule has 3 N–H and O–H groups in total. The quantitative estimate of drug-likeness (QED) is 0.369. The molecule has 5 nitrogen and oxygen atoms in total. The molecule has 0 aromatic heterocycles. The van der Waals surface area contributed by atoms with Crippen LogP contribution in [0.15, 0.2) is 18.2 Å². The van der Waals surface area contributed by atoms with Crippen LogP contribution in [0.5, 0.6) is 11.5 Å². The SMILES string of the molecule is COCCCOc1cc(C[C@@H](C[C@H](N)[C@H](O)CBr)C(C)C)ccc1OC. The number of methoxy groups -OCH3 is 2. The number of hydrogen-bond donors (Lipinski definition) is 2. The van der Waals surface area contributed by atoms with E-state index in [0.29, 0.717) is 30.4 Å². The van der Waals surface area contributed by atoms with Crippen molar-refractivity contribution >= 4 is 15.9 Å². The smallest absolute Gasteiger partial charge is 0.161 e. The Bertz CT molecular complexity index is 513. The Morgan fingerprint density at radius 2 is 1.88 bits per heavy atom. The molecule has 26 heavy (non-hydrogen) atoms. The molecule has 0 aliphatic carbocycles. The number of aliphatic hydroxyl groups excluding tert-OH is 1. The molecule has 0 radical (unpaired) electrons. The standard InChI is InChI=1S/C20H34BrNO4/c1-14(2)16(12-17(22)18(23)13-21)10-15-6-7-19(25-4)20(11-15)26-9-5-8-24-3/h6-7,11,14,16-18,23H,5,8-10,12-13,22H2,1-4H3/t16-,17-,18+/m0/s1. The second kappa shape index (κ2) is 12.5. The molecule has 0 amide bonds. The summed E-state index contributed by atoms with van der Waals surface area (Å²) < 4.78 is 16.3. The Kier molecular flexibility index (Phi) is 11.2. The molecule has 0 fully saturated rings. The summed E-state index contributed by atoms with van der Waals surface area (Å²) in [6.07, 6.45) is 1.98. The monoisotopic (exact) mass is 431 g/mol. The van der Waals surface area contributed by atoms with Crippen molar-refractivity contribution < 1.29 is 19.3 Å². The third-order valence-electron chi connectivity index (χ3n) is 4.65. The predicted molar refractivity (Wildman–Crippen MR) is 109 cm³/mol. The van der Waals surface area contributed by atoms with Crippen LogP contribution in [0.3, 0.4) is 0 Å². The van der Waals surface area contributed by atoms with E-state index in [2.05, 4.69) is 35.8 Å². The van der Waals surface area contributed by atoms with Gasteiger partial charge in [-0.1, -0.05) is 35.8 Å². The van der Waals surface area contributed by atoms with Gasteiger partial charge in [-0.2, -0.15) is 0 Å². The molecule has 1 aromatic carbocycles. The molecule has 0 aliphatic heterocycles. The van der Waals surface area contributed by atoms with E-state index in [9.17, 15) is 5.11 Å². The molecule has 1 aromatic rings. The average molecular weight is 432 g/mol. The highest BCUT2D eigenvalue weighted by Crippen LogP contribution is 2.31. The van der Waals surface area contributed by atoms with Crippen LogP contribution in [0, 0.1) is 11.8 Å². The Labute approximate surface area is 166 Å². The number of halogens is 1. The fourth-order valence-corrected chi connectivity index (χ4v) is 3.34. The number of rotatable bonds is 13. The molecule has 0 aliphatic rings. The zero-order chi connectivity index (χ0) is 19.5. The molecule has 0 unspecified atom stereocenters. The average Bonchev–Trinajstić information content (AvgIpc) is 2.63. The van der Waals surface area contributed by atoms with Gasteiger partial charge < -0.3 is 25.1 Å². The molecule has 0 saturated heterocycles. The minimum Gasteiger partial charge on any atom is -0.493 e. The van der Waals surface area contributed by atoms with Crippen LogP contribution in [-0.2, 0) is 11.2 Å². The van der Waals surface area contributed by atoms with Gasteiger partial charge >= 0.3 is 0 Å². The van der Waals surface area contributed by atoms with Crippen molar-refractivity contribution in [2.24, 2.45) is 17.6 Å². The van der Waals surface area contributed by atoms with E-state index in [4.69, 9.17) is 19.9 Å². The summed E-state index contributed by atoms with van der Waals surface area (Å²) in [5, 5.41) is 10.5. The first-order valence-electron chi connectivity index (χ1n) is 9.21. The number of nitrogens with two attached hydrogens (primary N) is 1. The van der Waals surface area contributed by atoms with Gasteiger partial charge in [0.15, 0.2) is 11.5 Å². The van der Waals surface area contributed by atoms with Crippen LogP contribution in [0.25, 0.3) is 0 Å². The maximum Gasteiger partial charge on any atom is 0.161 e. The molecule has 0 heterocycles. The molecular formula is C20H34BrNO4. The van der Waals surface area contributed by atoms with Crippen molar-refractivity contribution in [3.8, 4) is 11.5 Å². The Morgan fingerprint density at radius 3 is 2.46 bits per heavy atom. The van der Waals surface area contributed by atoms with Crippen molar-refractivity contribution in [2.45, 2.75) is 45.3 Å². The molecule has 3 atom stereocenters. The van der Waals surface area contributed by atoms with E-state index >= 15 is 0 Å². The molecule has 0 spiro atoms. The maximum absolute atomic E-state index is 9.96. The lowest BCUT2D eigenvalue weighted by Gasteiger charge is -2.26. The lowest BCUT2D eigenvalue weighted by Crippen LogP contribution is -2.38. The van der Waals surface area contributed by atoms with Gasteiger partial charge in [0.25, 0.3) is 0 Å². The first-order valence-corrected chi connectivity index (χ1v) is 10.3. The minimum absolute atomic E-state index is 0.232. The summed E-state index contributed by atoms with van der Waals surface area (Å²) in [6, 6.07) is 5.84. The van der Waals surface area contributed by atoms with Crippen LogP contribution in [-0.4, -0.2) is 50.0 Å². The van der Waals surface area contributed by atoms with Crippen LogP contribution >= 0.6 is 15.9 Å². The number of hydrogen-bond acceptors (Lipinski definition) is 5. The van der Waals surface area contributed by atoms with E-state index in [0.717, 1.165) is 30.8 Å². The number of alkyl halides is 1. The summed E-state index contributed by atoms with van der Waals surface area (Å²) in [5.41, 5.74) is 7.34. The van der Waals surface area contributed by atoms with Gasteiger partial charge in [0.1, 0.15) is 0 Å². The second-order valence-electron chi connectivity index (χ2n) is 7.01. The van der Waals surface area contributed by atoms with Crippen LogP contribution in [0.1, 0.15) is 32.3 Å². The topological polar surface area (TPSA) is 73.9 Å². The summed E-state index contributed by atoms with van der Waals surface area (Å²) in [6.45, 7) is 5.65. The highest BCUT2D eigenvalue weighted by Gasteiger charge is 2.22. The van der Waals surface area contributed by atoms with E-state index in [1.54, 1.807) is 14.2 Å². The highest BCUT2D eigenvalue weighted by molar-refractivity contribution is 9.09. The molecule has 0 saturated carbocycles. The molecular weight excluding hydrogens is 398 g/mol. The molecule has 0 bridgehead atoms. The van der Waals surface area contributed by atoms with E-state index in [1.165, 1.54) is 5.56 Å². The van der Waals surface area contributed by atoms with Crippen LogP contribution in [0.4, 0.5) is 0 Å². The van der Waals surface area contributed by atoms with E-state index in [-0.39, 0.29) is 6.04 Å². The lowest BCUT2D eigenvalue weighted by molar-refractivity contribution is 0.148. The Balaban J connectivity index is 2.81. The molecule has 6 heteroatoms. The van der Waals surface area contributed by atoms with Gasteiger partial charge in [-0.15, -0.1) is 0 Å². The first-order chi connectivity index (χ1) is 12.4. The minimum atomic E-state index is -0.521. The van der Waals surface area contributed by atoms with Crippen LogP contribution in [0.2, 0.25) is 0 Å². The second-order valence-corrected chi connectivity index (χ2v) is 7.66. The summed E-state index contributed by atoms with van der Waals surface area (Å²) in [5.74, 6) is 2.34.